The number of nitrogens with two attached hydrogens (primary N) is 2. The van der Waals surface area contributed by atoms with E-state index in [-0.39, 0.29) is 49.7 Å². The van der Waals surface area contributed by atoms with Crippen molar-refractivity contribution in [2.45, 2.75) is 30.8 Å². The van der Waals surface area contributed by atoms with Crippen molar-refractivity contribution in [3.05, 3.63) is 16.7 Å². The summed E-state index contributed by atoms with van der Waals surface area (Å²) >= 11 is 0. The van der Waals surface area contributed by atoms with Crippen LogP contribution in [0, 0.1) is 0 Å². The van der Waals surface area contributed by atoms with Crippen molar-refractivity contribution >= 4 is 23.2 Å². The Hall–Kier alpha value is -2.74. The Kier molecular flexibility index (Phi) is 5.79. The van der Waals surface area contributed by atoms with Crippen LogP contribution in [0.2, 0.25) is 0 Å². The smallest absolute Gasteiger partial charge is 0.407 e. The minimum atomic E-state index is -1.35. The molecule has 0 aliphatic carbocycles. The van der Waals surface area contributed by atoms with E-state index in [1.54, 1.807) is 0 Å². The highest BCUT2D eigenvalue weighted by molar-refractivity contribution is 5.70. The van der Waals surface area contributed by atoms with Gasteiger partial charge in [-0.05, 0) is 0 Å². The number of aliphatic hydroxyl groups is 2. The van der Waals surface area contributed by atoms with Crippen LogP contribution in [0.5, 0.6) is 0 Å². The number of aromatic nitrogens is 4. The summed E-state index contributed by atoms with van der Waals surface area (Å²) in [4.78, 5) is 33.8. The van der Waals surface area contributed by atoms with Crippen LogP contribution in [0.4, 0.5) is 10.7 Å². The number of H-pyrrole nitrogens is 1. The van der Waals surface area contributed by atoms with Crippen LogP contribution >= 0.6 is 0 Å². The molecule has 1 amide bonds. The molecule has 3 heterocycles. The van der Waals surface area contributed by atoms with Crippen LogP contribution in [0.1, 0.15) is 19.1 Å². The quantitative estimate of drug-likeness (QED) is 0.297. The lowest BCUT2D eigenvalue weighted by Crippen LogP contribution is -2.44. The van der Waals surface area contributed by atoms with Crippen molar-refractivity contribution in [1.29, 1.82) is 0 Å². The van der Waals surface area contributed by atoms with Crippen molar-refractivity contribution in [3.63, 3.8) is 0 Å². The summed E-state index contributed by atoms with van der Waals surface area (Å²) in [6.45, 7) is -0.0366. The molecule has 1 fully saturated rings. The van der Waals surface area contributed by atoms with Crippen LogP contribution in [-0.2, 0) is 9.47 Å². The zero-order valence-electron chi connectivity index (χ0n) is 15.0. The second-order valence-corrected chi connectivity index (χ2v) is 6.42. The number of fused-ring (bicyclic) bond motifs is 1. The van der Waals surface area contributed by atoms with E-state index in [1.165, 1.54) is 10.9 Å². The monoisotopic (exact) mass is 397 g/mol. The highest BCUT2D eigenvalue weighted by Crippen LogP contribution is 2.39. The predicted molar refractivity (Wildman–Crippen MR) is 96.1 cm³/mol. The van der Waals surface area contributed by atoms with Crippen molar-refractivity contribution < 1.29 is 24.5 Å². The van der Waals surface area contributed by atoms with Gasteiger partial charge in [-0.15, -0.1) is 0 Å². The molecule has 2 aromatic heterocycles. The average Bonchev–Trinajstić information content (AvgIpc) is 3.21. The van der Waals surface area contributed by atoms with Gasteiger partial charge in [-0.25, -0.2) is 9.78 Å². The second kappa shape index (κ2) is 8.10. The van der Waals surface area contributed by atoms with Gasteiger partial charge in [0.25, 0.3) is 5.56 Å². The summed E-state index contributed by atoms with van der Waals surface area (Å²) < 4.78 is 12.4. The fraction of sp³-hybridized carbons (Fsp3) is 0.600. The normalized spacial score (nSPS) is 24.5. The van der Waals surface area contributed by atoms with Gasteiger partial charge in [0.1, 0.15) is 11.8 Å². The number of amides is 1. The van der Waals surface area contributed by atoms with Crippen molar-refractivity contribution in [1.82, 2.24) is 24.8 Å². The van der Waals surface area contributed by atoms with E-state index < -0.39 is 36.2 Å². The highest BCUT2D eigenvalue weighted by Gasteiger charge is 2.48. The maximum absolute atomic E-state index is 11.9. The Bertz CT molecular complexity index is 899. The SMILES string of the molecule is NCCNC(=O)OCC[C@]1(CO)O[C@@H](n2cnc3c(=O)[nH]c(N)nc32)C[C@@H]1O. The Morgan fingerprint density at radius 3 is 3.07 bits per heavy atom. The molecule has 8 N–H and O–H groups in total. The number of hydrogen-bond donors (Lipinski definition) is 6. The van der Waals surface area contributed by atoms with Gasteiger partial charge in [-0.1, -0.05) is 0 Å². The largest absolute Gasteiger partial charge is 0.449 e. The lowest BCUT2D eigenvalue weighted by atomic mass is 9.94. The molecule has 1 aliphatic rings. The number of alkyl carbamates (subject to hydrolysis) is 1. The van der Waals surface area contributed by atoms with Crippen molar-refractivity contribution in [2.75, 3.05) is 32.0 Å². The Balaban J connectivity index is 1.73. The molecule has 0 spiro atoms. The first kappa shape index (κ1) is 20.0. The zero-order chi connectivity index (χ0) is 20.3. The standard InChI is InChI=1S/C15H23N7O6/c16-2-3-18-14(26)27-4-1-15(6-23)8(24)5-9(28-15)22-7-19-10-11(22)20-13(17)21-12(10)25/h7-9,23-24H,1-6,16H2,(H,18,26)(H3,17,20,21,25)/t8-,9+,15+/m0/s1. The number of imidazole rings is 1. The maximum Gasteiger partial charge on any atom is 0.407 e. The van der Waals surface area contributed by atoms with Gasteiger partial charge in [-0.3, -0.25) is 14.3 Å². The summed E-state index contributed by atoms with van der Waals surface area (Å²) in [5.41, 5.74) is 9.31. The predicted octanol–water partition coefficient (Wildman–Crippen LogP) is -2.21. The van der Waals surface area contributed by atoms with Gasteiger partial charge in [-0.2, -0.15) is 4.98 Å². The van der Waals surface area contributed by atoms with Gasteiger partial charge < -0.3 is 36.5 Å². The van der Waals surface area contributed by atoms with Crippen molar-refractivity contribution in [3.8, 4) is 0 Å². The number of carbonyl (C=O) groups excluding carboxylic acids is 1. The number of carbonyl (C=O) groups is 1. The van der Waals surface area contributed by atoms with E-state index in [0.717, 1.165) is 0 Å². The first-order valence-electron chi connectivity index (χ1n) is 8.70. The van der Waals surface area contributed by atoms with Gasteiger partial charge in [0.2, 0.25) is 5.95 Å². The zero-order valence-corrected chi connectivity index (χ0v) is 15.0. The highest BCUT2D eigenvalue weighted by atomic mass is 16.6. The molecule has 3 rings (SSSR count). The summed E-state index contributed by atoms with van der Waals surface area (Å²) in [6.07, 6.45) is -0.919. The van der Waals surface area contributed by atoms with Crippen molar-refractivity contribution in [2.24, 2.45) is 5.73 Å². The maximum atomic E-state index is 11.9. The first-order valence-corrected chi connectivity index (χ1v) is 8.70. The van der Waals surface area contributed by atoms with Gasteiger partial charge >= 0.3 is 6.09 Å². The Morgan fingerprint density at radius 1 is 1.57 bits per heavy atom. The lowest BCUT2D eigenvalue weighted by molar-refractivity contribution is -0.135. The third-order valence-electron chi connectivity index (χ3n) is 4.60. The number of nitrogens with zero attached hydrogens (tertiary/aromatic N) is 3. The van der Waals surface area contributed by atoms with Crippen LogP contribution in [-0.4, -0.2) is 73.8 Å². The molecule has 154 valence electrons. The number of anilines is 1. The van der Waals surface area contributed by atoms with Crippen LogP contribution < -0.4 is 22.3 Å². The molecule has 0 unspecified atom stereocenters. The van der Waals surface area contributed by atoms with Crippen LogP contribution in [0.3, 0.4) is 0 Å². The summed E-state index contributed by atoms with van der Waals surface area (Å²) in [7, 11) is 0. The molecule has 0 radical (unpaired) electrons. The topological polar surface area (TPSA) is 204 Å². The molecule has 28 heavy (non-hydrogen) atoms. The summed E-state index contributed by atoms with van der Waals surface area (Å²) in [6, 6.07) is 0. The number of ether oxygens (including phenoxy) is 2. The molecule has 2 aromatic rings. The van der Waals surface area contributed by atoms with E-state index in [2.05, 4.69) is 20.3 Å². The van der Waals surface area contributed by atoms with E-state index in [4.69, 9.17) is 20.9 Å². The third-order valence-corrected chi connectivity index (χ3v) is 4.60. The lowest BCUT2D eigenvalue weighted by Gasteiger charge is -2.29. The third kappa shape index (κ3) is 3.77. The minimum Gasteiger partial charge on any atom is -0.449 e. The summed E-state index contributed by atoms with van der Waals surface area (Å²) in [5.74, 6) is -0.0805. The molecule has 0 bridgehead atoms. The molecular formula is C15H23N7O6. The van der Waals surface area contributed by atoms with E-state index >= 15 is 0 Å². The van der Waals surface area contributed by atoms with E-state index in [9.17, 15) is 19.8 Å². The van der Waals surface area contributed by atoms with Gasteiger partial charge in [0.05, 0.1) is 25.6 Å². The van der Waals surface area contributed by atoms with Gasteiger partial charge in [0, 0.05) is 25.9 Å². The first-order chi connectivity index (χ1) is 13.4. The summed E-state index contributed by atoms with van der Waals surface area (Å²) in [5, 5.41) is 22.8. The van der Waals surface area contributed by atoms with Crippen LogP contribution in [0.25, 0.3) is 11.2 Å². The number of aromatic amines is 1. The molecule has 1 saturated heterocycles. The number of nitrogens with one attached hydrogen (secondary N) is 2. The molecule has 3 atom stereocenters. The number of rotatable bonds is 7. The second-order valence-electron chi connectivity index (χ2n) is 6.42. The number of hydrogen-bond acceptors (Lipinski definition) is 10. The minimum absolute atomic E-state index is 0.0555. The van der Waals surface area contributed by atoms with Gasteiger partial charge in [0.15, 0.2) is 11.2 Å². The Labute approximate surface area is 158 Å². The molecule has 13 nitrogen and oxygen atoms in total. The number of nitrogen functional groups attached to an aromatic ring is 1. The van der Waals surface area contributed by atoms with E-state index in [0.29, 0.717) is 0 Å². The molecule has 13 heteroatoms. The van der Waals surface area contributed by atoms with Crippen LogP contribution in [0.15, 0.2) is 11.1 Å². The Morgan fingerprint density at radius 2 is 2.36 bits per heavy atom. The molecule has 0 saturated carbocycles. The fourth-order valence-electron chi connectivity index (χ4n) is 3.12. The fourth-order valence-corrected chi connectivity index (χ4v) is 3.12. The molecule has 0 aromatic carbocycles. The molecule has 1 aliphatic heterocycles. The average molecular weight is 397 g/mol. The molecular weight excluding hydrogens is 374 g/mol. The van der Waals surface area contributed by atoms with E-state index in [1.807, 2.05) is 0 Å². The number of aliphatic hydroxyl groups excluding tert-OH is 2.